The number of nitrogens with one attached hydrogen (secondary N) is 1. The summed E-state index contributed by atoms with van der Waals surface area (Å²) in [5, 5.41) is 4.41. The van der Waals surface area contributed by atoms with E-state index in [9.17, 15) is 9.59 Å². The second-order valence-corrected chi connectivity index (χ2v) is 5.40. The number of carbonyl (C=O) groups is 2. The topological polar surface area (TPSA) is 68.3 Å². The zero-order valence-electron chi connectivity index (χ0n) is 10.6. The minimum Gasteiger partial charge on any atom is -0.461 e. The maximum absolute atomic E-state index is 12.0. The summed E-state index contributed by atoms with van der Waals surface area (Å²) in [4.78, 5) is 27.5. The van der Waals surface area contributed by atoms with E-state index in [0.29, 0.717) is 5.69 Å². The third kappa shape index (κ3) is 3.43. The van der Waals surface area contributed by atoms with Gasteiger partial charge in [-0.05, 0) is 35.0 Å². The third-order valence-corrected chi connectivity index (χ3v) is 3.82. The Balaban J connectivity index is 2.11. The molecule has 2 aromatic rings. The first-order valence-corrected chi connectivity index (χ1v) is 7.47. The van der Waals surface area contributed by atoms with Crippen molar-refractivity contribution in [2.24, 2.45) is 0 Å². The van der Waals surface area contributed by atoms with Crippen molar-refractivity contribution in [3.05, 3.63) is 44.8 Å². The Morgan fingerprint density at radius 3 is 2.85 bits per heavy atom. The third-order valence-electron chi connectivity index (χ3n) is 2.31. The number of amides is 1. The highest BCUT2D eigenvalue weighted by Gasteiger charge is 2.16. The molecule has 0 fully saturated rings. The zero-order valence-corrected chi connectivity index (χ0v) is 13.0. The molecule has 0 spiro atoms. The van der Waals surface area contributed by atoms with Gasteiger partial charge in [0.2, 0.25) is 5.01 Å². The van der Waals surface area contributed by atoms with Crippen LogP contribution in [0.4, 0.5) is 5.69 Å². The van der Waals surface area contributed by atoms with E-state index in [-0.39, 0.29) is 23.2 Å². The fraction of sp³-hybridized carbons (Fsp3) is 0.154. The summed E-state index contributed by atoms with van der Waals surface area (Å²) in [6.07, 6.45) is 0. The Kier molecular flexibility index (Phi) is 4.86. The molecule has 1 amide bonds. The lowest BCUT2D eigenvalue weighted by molar-refractivity contribution is 0.0526. The summed E-state index contributed by atoms with van der Waals surface area (Å²) >= 11 is 4.42. The number of esters is 1. The van der Waals surface area contributed by atoms with Crippen molar-refractivity contribution < 1.29 is 14.3 Å². The quantitative estimate of drug-likeness (QED) is 0.855. The van der Waals surface area contributed by atoms with Crippen LogP contribution < -0.4 is 5.32 Å². The molecule has 2 rings (SSSR count). The number of carbonyl (C=O) groups excluding carboxylic acids is 2. The Morgan fingerprint density at radius 1 is 1.40 bits per heavy atom. The number of rotatable bonds is 4. The number of hydrogen-bond acceptors (Lipinski definition) is 5. The summed E-state index contributed by atoms with van der Waals surface area (Å²) in [7, 11) is 0. The molecule has 0 unspecified atom stereocenters. The van der Waals surface area contributed by atoms with Crippen molar-refractivity contribution >= 4 is 44.8 Å². The molecule has 1 aromatic heterocycles. The van der Waals surface area contributed by atoms with Crippen LogP contribution in [0.2, 0.25) is 0 Å². The zero-order chi connectivity index (χ0) is 14.5. The van der Waals surface area contributed by atoms with Crippen molar-refractivity contribution in [1.29, 1.82) is 0 Å². The monoisotopic (exact) mass is 354 g/mol. The predicted molar refractivity (Wildman–Crippen MR) is 80.2 cm³/mol. The number of halogens is 1. The van der Waals surface area contributed by atoms with Gasteiger partial charge in [0.15, 0.2) is 0 Å². The molecule has 0 aliphatic carbocycles. The standard InChI is InChI=1S/C13H11BrN2O3S/c1-2-19-13(18)12-16-10(7-20-12)11(17)15-9-6-4-3-5-8(9)14/h3-7H,2H2,1H3,(H,15,17). The Morgan fingerprint density at radius 2 is 2.15 bits per heavy atom. The van der Waals surface area contributed by atoms with E-state index in [1.165, 1.54) is 5.38 Å². The SMILES string of the molecule is CCOC(=O)c1nc(C(=O)Nc2ccccc2Br)cs1. The summed E-state index contributed by atoms with van der Waals surface area (Å²) < 4.78 is 5.60. The number of aromatic nitrogens is 1. The molecule has 104 valence electrons. The molecule has 1 aromatic carbocycles. The molecule has 0 saturated heterocycles. The highest BCUT2D eigenvalue weighted by molar-refractivity contribution is 9.10. The number of anilines is 1. The molecule has 0 aliphatic rings. The van der Waals surface area contributed by atoms with E-state index in [2.05, 4.69) is 26.2 Å². The number of para-hydroxylation sites is 1. The van der Waals surface area contributed by atoms with Crippen molar-refractivity contribution in [1.82, 2.24) is 4.98 Å². The van der Waals surface area contributed by atoms with Crippen LogP contribution in [0, 0.1) is 0 Å². The van der Waals surface area contributed by atoms with Gasteiger partial charge in [-0.1, -0.05) is 12.1 Å². The molecule has 0 bridgehead atoms. The Bertz CT molecular complexity index is 642. The fourth-order valence-electron chi connectivity index (χ4n) is 1.41. The van der Waals surface area contributed by atoms with Crippen LogP contribution in [-0.2, 0) is 4.74 Å². The van der Waals surface area contributed by atoms with E-state index >= 15 is 0 Å². The van der Waals surface area contributed by atoms with Crippen molar-refractivity contribution in [3.8, 4) is 0 Å². The molecule has 0 radical (unpaired) electrons. The van der Waals surface area contributed by atoms with Gasteiger partial charge in [-0.15, -0.1) is 11.3 Å². The Labute approximate surface area is 128 Å². The van der Waals surface area contributed by atoms with Crippen LogP contribution in [0.3, 0.4) is 0 Å². The average molecular weight is 355 g/mol. The van der Waals surface area contributed by atoms with Crippen LogP contribution in [0.5, 0.6) is 0 Å². The van der Waals surface area contributed by atoms with Crippen LogP contribution in [-0.4, -0.2) is 23.5 Å². The normalized spacial score (nSPS) is 10.1. The van der Waals surface area contributed by atoms with Gasteiger partial charge in [-0.3, -0.25) is 4.79 Å². The fourth-order valence-corrected chi connectivity index (χ4v) is 2.49. The predicted octanol–water partition coefficient (Wildman–Crippen LogP) is 3.33. The van der Waals surface area contributed by atoms with E-state index in [0.717, 1.165) is 15.8 Å². The smallest absolute Gasteiger partial charge is 0.367 e. The van der Waals surface area contributed by atoms with Gasteiger partial charge >= 0.3 is 5.97 Å². The minimum atomic E-state index is -0.516. The van der Waals surface area contributed by atoms with Crippen LogP contribution in [0.15, 0.2) is 34.1 Å². The number of hydrogen-bond donors (Lipinski definition) is 1. The molecule has 7 heteroatoms. The van der Waals surface area contributed by atoms with Crippen molar-refractivity contribution in [2.75, 3.05) is 11.9 Å². The second-order valence-electron chi connectivity index (χ2n) is 3.69. The van der Waals surface area contributed by atoms with E-state index in [1.54, 1.807) is 13.0 Å². The van der Waals surface area contributed by atoms with E-state index in [1.807, 2.05) is 18.2 Å². The summed E-state index contributed by atoms with van der Waals surface area (Å²) in [5.74, 6) is -0.888. The molecule has 0 atom stereocenters. The van der Waals surface area contributed by atoms with Crippen LogP contribution in [0.1, 0.15) is 27.2 Å². The van der Waals surface area contributed by atoms with Gasteiger partial charge in [-0.25, -0.2) is 9.78 Å². The van der Waals surface area contributed by atoms with Crippen LogP contribution >= 0.6 is 27.3 Å². The molecular weight excluding hydrogens is 344 g/mol. The Hall–Kier alpha value is -1.73. The van der Waals surface area contributed by atoms with Crippen LogP contribution in [0.25, 0.3) is 0 Å². The highest BCUT2D eigenvalue weighted by atomic mass is 79.9. The first-order valence-electron chi connectivity index (χ1n) is 5.80. The molecular formula is C13H11BrN2O3S. The van der Waals surface area contributed by atoms with Gasteiger partial charge in [0.25, 0.3) is 5.91 Å². The average Bonchev–Trinajstić information content (AvgIpc) is 2.91. The van der Waals surface area contributed by atoms with Gasteiger partial charge in [-0.2, -0.15) is 0 Å². The molecule has 1 N–H and O–H groups in total. The number of nitrogens with zero attached hydrogens (tertiary/aromatic N) is 1. The van der Waals surface area contributed by atoms with Gasteiger partial charge in [0.1, 0.15) is 5.69 Å². The van der Waals surface area contributed by atoms with Crippen molar-refractivity contribution in [2.45, 2.75) is 6.92 Å². The lowest BCUT2D eigenvalue weighted by Crippen LogP contribution is -2.13. The number of ether oxygens (including phenoxy) is 1. The van der Waals surface area contributed by atoms with E-state index < -0.39 is 5.97 Å². The maximum Gasteiger partial charge on any atom is 0.367 e. The van der Waals surface area contributed by atoms with Crippen molar-refractivity contribution in [3.63, 3.8) is 0 Å². The minimum absolute atomic E-state index is 0.170. The largest absolute Gasteiger partial charge is 0.461 e. The maximum atomic E-state index is 12.0. The summed E-state index contributed by atoms with van der Waals surface area (Å²) in [5.41, 5.74) is 0.831. The molecule has 1 heterocycles. The molecule has 0 saturated carbocycles. The first kappa shape index (κ1) is 14.7. The highest BCUT2D eigenvalue weighted by Crippen LogP contribution is 2.22. The number of benzene rings is 1. The first-order chi connectivity index (χ1) is 9.61. The summed E-state index contributed by atoms with van der Waals surface area (Å²) in [6.45, 7) is 1.99. The lowest BCUT2D eigenvalue weighted by atomic mass is 10.3. The number of thiazole rings is 1. The lowest BCUT2D eigenvalue weighted by Gasteiger charge is -2.04. The molecule has 20 heavy (non-hydrogen) atoms. The molecule has 5 nitrogen and oxygen atoms in total. The van der Waals surface area contributed by atoms with Gasteiger partial charge in [0, 0.05) is 9.85 Å². The van der Waals surface area contributed by atoms with Gasteiger partial charge in [0.05, 0.1) is 12.3 Å². The summed E-state index contributed by atoms with van der Waals surface area (Å²) in [6, 6.07) is 7.24. The van der Waals surface area contributed by atoms with E-state index in [4.69, 9.17) is 4.74 Å². The van der Waals surface area contributed by atoms with Gasteiger partial charge < -0.3 is 10.1 Å². The second kappa shape index (κ2) is 6.62. The molecule has 0 aliphatic heterocycles.